The lowest BCUT2D eigenvalue weighted by Crippen LogP contribution is -2.09. The molecule has 1 aliphatic carbocycles. The number of nitrogens with one attached hydrogen (secondary N) is 1. The molecule has 0 amide bonds. The summed E-state index contributed by atoms with van der Waals surface area (Å²) in [5.74, 6) is 0.549. The summed E-state index contributed by atoms with van der Waals surface area (Å²) in [7, 11) is 0. The van der Waals surface area contributed by atoms with E-state index < -0.39 is 0 Å². The minimum absolute atomic E-state index is 0.206. The second-order valence-electron chi connectivity index (χ2n) is 5.78. The summed E-state index contributed by atoms with van der Waals surface area (Å²) in [4.78, 5) is 3.20. The lowest BCUT2D eigenvalue weighted by atomic mass is 9.92. The molecule has 2 nitrogen and oxygen atoms in total. The lowest BCUT2D eigenvalue weighted by molar-refractivity contribution is 0.629. The van der Waals surface area contributed by atoms with Crippen molar-refractivity contribution in [2.24, 2.45) is 5.73 Å². The molecule has 3 N–H and O–H groups in total. The predicted octanol–water partition coefficient (Wildman–Crippen LogP) is 3.88. The van der Waals surface area contributed by atoms with E-state index in [-0.39, 0.29) is 5.82 Å². The maximum Gasteiger partial charge on any atom is 0.125 e. The molecule has 1 aliphatic rings. The molecular formula is C18H17FN2. The maximum atomic E-state index is 13.3. The van der Waals surface area contributed by atoms with Crippen LogP contribution in [-0.4, -0.2) is 11.5 Å². The maximum absolute atomic E-state index is 13.3. The number of fused-ring (bicyclic) bond motifs is 2. The van der Waals surface area contributed by atoms with Crippen molar-refractivity contribution in [1.29, 1.82) is 0 Å². The molecule has 2 unspecified atom stereocenters. The Kier molecular flexibility index (Phi) is 2.82. The van der Waals surface area contributed by atoms with Gasteiger partial charge in [0.15, 0.2) is 0 Å². The van der Waals surface area contributed by atoms with Gasteiger partial charge in [0.05, 0.1) is 0 Å². The van der Waals surface area contributed by atoms with E-state index in [4.69, 9.17) is 5.73 Å². The van der Waals surface area contributed by atoms with Crippen molar-refractivity contribution in [2.45, 2.75) is 18.3 Å². The molecule has 106 valence electrons. The van der Waals surface area contributed by atoms with Gasteiger partial charge in [0.1, 0.15) is 5.82 Å². The third-order valence-corrected chi connectivity index (χ3v) is 4.67. The van der Waals surface area contributed by atoms with Crippen molar-refractivity contribution in [3.05, 3.63) is 71.2 Å². The van der Waals surface area contributed by atoms with E-state index in [1.807, 2.05) is 12.3 Å². The van der Waals surface area contributed by atoms with Gasteiger partial charge in [0, 0.05) is 23.0 Å². The van der Waals surface area contributed by atoms with Gasteiger partial charge in [-0.05, 0) is 53.8 Å². The molecule has 0 bridgehead atoms. The molecule has 3 heteroatoms. The average Bonchev–Trinajstić information content (AvgIpc) is 3.07. The lowest BCUT2D eigenvalue weighted by Gasteiger charge is -2.11. The van der Waals surface area contributed by atoms with Crippen LogP contribution in [0, 0.1) is 5.82 Å². The Bertz CT molecular complexity index is 806. The van der Waals surface area contributed by atoms with Gasteiger partial charge < -0.3 is 10.7 Å². The molecular weight excluding hydrogens is 263 g/mol. The van der Waals surface area contributed by atoms with E-state index in [1.54, 1.807) is 6.07 Å². The minimum Gasteiger partial charge on any atom is -0.361 e. The van der Waals surface area contributed by atoms with Gasteiger partial charge in [0.25, 0.3) is 0 Å². The first-order chi connectivity index (χ1) is 10.3. The molecule has 0 saturated carbocycles. The second-order valence-corrected chi connectivity index (χ2v) is 5.78. The van der Waals surface area contributed by atoms with Crippen LogP contribution in [0.5, 0.6) is 0 Å². The molecule has 2 aromatic carbocycles. The third-order valence-electron chi connectivity index (χ3n) is 4.67. The molecule has 0 fully saturated rings. The van der Waals surface area contributed by atoms with Crippen LogP contribution in [0.1, 0.15) is 34.9 Å². The summed E-state index contributed by atoms with van der Waals surface area (Å²) >= 11 is 0. The van der Waals surface area contributed by atoms with E-state index in [0.717, 1.165) is 17.3 Å². The van der Waals surface area contributed by atoms with Gasteiger partial charge in [0.2, 0.25) is 0 Å². The van der Waals surface area contributed by atoms with Crippen LogP contribution in [0.2, 0.25) is 0 Å². The fraction of sp³-hybridized carbons (Fsp3) is 0.222. The smallest absolute Gasteiger partial charge is 0.125 e. The van der Waals surface area contributed by atoms with Gasteiger partial charge in [-0.1, -0.05) is 24.3 Å². The Labute approximate surface area is 122 Å². The van der Waals surface area contributed by atoms with Crippen molar-refractivity contribution in [1.82, 2.24) is 4.98 Å². The third kappa shape index (κ3) is 1.88. The largest absolute Gasteiger partial charge is 0.361 e. The highest BCUT2D eigenvalue weighted by atomic mass is 19.1. The summed E-state index contributed by atoms with van der Waals surface area (Å²) < 4.78 is 13.3. The monoisotopic (exact) mass is 280 g/mol. The first kappa shape index (κ1) is 12.6. The number of nitrogens with two attached hydrogens (primary N) is 1. The molecule has 1 aromatic heterocycles. The Morgan fingerprint density at radius 1 is 1.10 bits per heavy atom. The van der Waals surface area contributed by atoms with Crippen molar-refractivity contribution < 1.29 is 4.39 Å². The molecule has 2 atom stereocenters. The molecule has 4 rings (SSSR count). The second kappa shape index (κ2) is 4.71. The van der Waals surface area contributed by atoms with E-state index in [9.17, 15) is 4.39 Å². The average molecular weight is 280 g/mol. The fourth-order valence-electron chi connectivity index (χ4n) is 3.67. The van der Waals surface area contributed by atoms with Gasteiger partial charge >= 0.3 is 0 Å². The van der Waals surface area contributed by atoms with E-state index >= 15 is 0 Å². The molecule has 1 heterocycles. The summed E-state index contributed by atoms with van der Waals surface area (Å²) in [5.41, 5.74) is 10.8. The van der Waals surface area contributed by atoms with Crippen molar-refractivity contribution >= 4 is 10.9 Å². The van der Waals surface area contributed by atoms with Crippen LogP contribution in [0.4, 0.5) is 4.39 Å². The van der Waals surface area contributed by atoms with Crippen LogP contribution < -0.4 is 5.73 Å². The van der Waals surface area contributed by atoms with Crippen molar-refractivity contribution in [3.8, 4) is 0 Å². The minimum atomic E-state index is -0.206. The number of aromatic nitrogens is 1. The molecule has 3 aromatic rings. The fourth-order valence-corrected chi connectivity index (χ4v) is 3.67. The number of aromatic amines is 1. The summed E-state index contributed by atoms with van der Waals surface area (Å²) in [5, 5.41) is 1.11. The SMILES string of the molecule is NCC1CC(c2c[nH]c3cc(F)ccc23)c2ccccc21. The highest BCUT2D eigenvalue weighted by Crippen LogP contribution is 2.46. The quantitative estimate of drug-likeness (QED) is 0.735. The Hall–Kier alpha value is -2.13. The zero-order valence-corrected chi connectivity index (χ0v) is 11.6. The van der Waals surface area contributed by atoms with Gasteiger partial charge in [-0.25, -0.2) is 4.39 Å². The zero-order valence-electron chi connectivity index (χ0n) is 11.6. The first-order valence-corrected chi connectivity index (χ1v) is 7.33. The predicted molar refractivity (Wildman–Crippen MR) is 83.0 cm³/mol. The Morgan fingerprint density at radius 3 is 2.71 bits per heavy atom. The number of hydrogen-bond donors (Lipinski definition) is 2. The normalized spacial score (nSPS) is 20.9. The van der Waals surface area contributed by atoms with Crippen molar-refractivity contribution in [2.75, 3.05) is 6.54 Å². The zero-order chi connectivity index (χ0) is 14.4. The highest BCUT2D eigenvalue weighted by Gasteiger charge is 2.31. The van der Waals surface area contributed by atoms with Crippen LogP contribution >= 0.6 is 0 Å². The molecule has 0 radical (unpaired) electrons. The number of halogens is 1. The van der Waals surface area contributed by atoms with E-state index in [1.165, 1.54) is 22.8 Å². The summed E-state index contributed by atoms with van der Waals surface area (Å²) in [6.07, 6.45) is 3.05. The Morgan fingerprint density at radius 2 is 1.90 bits per heavy atom. The first-order valence-electron chi connectivity index (χ1n) is 7.33. The van der Waals surface area contributed by atoms with Gasteiger partial charge in [-0.3, -0.25) is 0 Å². The van der Waals surface area contributed by atoms with Gasteiger partial charge in [-0.2, -0.15) is 0 Å². The van der Waals surface area contributed by atoms with Crippen LogP contribution in [-0.2, 0) is 0 Å². The van der Waals surface area contributed by atoms with Crippen LogP contribution in [0.3, 0.4) is 0 Å². The summed E-state index contributed by atoms with van der Waals surface area (Å²) in [6, 6.07) is 13.5. The van der Waals surface area contributed by atoms with Gasteiger partial charge in [-0.15, -0.1) is 0 Å². The molecule has 0 spiro atoms. The summed E-state index contributed by atoms with van der Waals surface area (Å²) in [6.45, 7) is 0.671. The molecule has 21 heavy (non-hydrogen) atoms. The number of benzene rings is 2. The number of rotatable bonds is 2. The highest BCUT2D eigenvalue weighted by molar-refractivity contribution is 5.84. The number of hydrogen-bond acceptors (Lipinski definition) is 1. The standard InChI is InChI=1S/C18H17FN2/c19-12-5-6-15-17(10-21-18(15)8-12)16-7-11(9-20)13-3-1-2-4-14(13)16/h1-6,8,10-11,16,21H,7,9,20H2. The van der Waals surface area contributed by atoms with E-state index in [0.29, 0.717) is 18.4 Å². The van der Waals surface area contributed by atoms with E-state index in [2.05, 4.69) is 29.2 Å². The van der Waals surface area contributed by atoms with Crippen molar-refractivity contribution in [3.63, 3.8) is 0 Å². The number of H-pyrrole nitrogens is 1. The topological polar surface area (TPSA) is 41.8 Å². The van der Waals surface area contributed by atoms with Crippen LogP contribution in [0.25, 0.3) is 10.9 Å². The van der Waals surface area contributed by atoms with Crippen LogP contribution in [0.15, 0.2) is 48.7 Å². The molecule has 0 saturated heterocycles. The Balaban J connectivity index is 1.86. The molecule has 0 aliphatic heterocycles.